The topological polar surface area (TPSA) is 70.4 Å². The molecule has 112 valence electrons. The highest BCUT2D eigenvalue weighted by molar-refractivity contribution is 6.04. The van der Waals surface area contributed by atoms with Crippen LogP contribution in [-0.4, -0.2) is 33.8 Å². The normalized spacial score (nSPS) is 11.4. The molecule has 2 aromatic rings. The average Bonchev–Trinajstić information content (AvgIpc) is 2.80. The summed E-state index contributed by atoms with van der Waals surface area (Å²) in [5, 5.41) is 0.606. The Balaban J connectivity index is 2.43. The van der Waals surface area contributed by atoms with E-state index in [1.165, 1.54) is 17.0 Å². The molecule has 21 heavy (non-hydrogen) atoms. The van der Waals surface area contributed by atoms with Gasteiger partial charge in [0.05, 0.1) is 23.9 Å². The first-order valence-corrected chi connectivity index (χ1v) is 6.69. The van der Waals surface area contributed by atoms with Gasteiger partial charge in [-0.2, -0.15) is 0 Å². The highest BCUT2D eigenvalue weighted by atomic mass is 16.6. The third kappa shape index (κ3) is 3.21. The van der Waals surface area contributed by atoms with Gasteiger partial charge in [0.1, 0.15) is 5.60 Å². The molecule has 0 radical (unpaired) electrons. The lowest BCUT2D eigenvalue weighted by atomic mass is 10.2. The molecule has 0 amide bonds. The molecule has 6 nitrogen and oxygen atoms in total. The molecule has 6 heteroatoms. The predicted molar refractivity (Wildman–Crippen MR) is 77.3 cm³/mol. The van der Waals surface area contributed by atoms with Crippen LogP contribution in [0.3, 0.4) is 0 Å². The number of rotatable bonds is 2. The van der Waals surface area contributed by atoms with Crippen molar-refractivity contribution in [2.75, 3.05) is 6.61 Å². The van der Waals surface area contributed by atoms with E-state index in [1.807, 2.05) is 0 Å². The largest absolute Gasteiger partial charge is 0.462 e. The van der Waals surface area contributed by atoms with Crippen LogP contribution < -0.4 is 0 Å². The number of esters is 1. The van der Waals surface area contributed by atoms with Crippen molar-refractivity contribution in [3.05, 3.63) is 30.2 Å². The van der Waals surface area contributed by atoms with Gasteiger partial charge in [0.2, 0.25) is 0 Å². The molecule has 2 rings (SSSR count). The molecule has 2 heterocycles. The Kier molecular flexibility index (Phi) is 3.97. The van der Waals surface area contributed by atoms with Gasteiger partial charge in [0, 0.05) is 17.8 Å². The standard InChI is InChI=1S/C15H18N2O4/c1-5-20-13(18)11-8-16-9-12-10(11)6-7-17(12)14(19)21-15(2,3)4/h6-9H,5H2,1-4H3. The molecule has 0 unspecified atom stereocenters. The number of hydrogen-bond acceptors (Lipinski definition) is 5. The Morgan fingerprint density at radius 2 is 2.00 bits per heavy atom. The average molecular weight is 290 g/mol. The van der Waals surface area contributed by atoms with Gasteiger partial charge in [-0.25, -0.2) is 9.59 Å². The summed E-state index contributed by atoms with van der Waals surface area (Å²) < 4.78 is 11.6. The smallest absolute Gasteiger partial charge is 0.419 e. The minimum Gasteiger partial charge on any atom is -0.462 e. The lowest BCUT2D eigenvalue weighted by Gasteiger charge is -2.19. The fourth-order valence-corrected chi connectivity index (χ4v) is 1.90. The Morgan fingerprint density at radius 3 is 2.62 bits per heavy atom. The molecule has 0 spiro atoms. The molecular formula is C15H18N2O4. The van der Waals surface area contributed by atoms with Crippen LogP contribution in [0.2, 0.25) is 0 Å². The number of nitrogens with zero attached hydrogens (tertiary/aromatic N) is 2. The fraction of sp³-hybridized carbons (Fsp3) is 0.400. The highest BCUT2D eigenvalue weighted by Crippen LogP contribution is 2.21. The number of carbonyl (C=O) groups excluding carboxylic acids is 2. The maximum Gasteiger partial charge on any atom is 0.419 e. The lowest BCUT2D eigenvalue weighted by molar-refractivity contribution is 0.0521. The minimum absolute atomic E-state index is 0.280. The molecule has 0 N–H and O–H groups in total. The van der Waals surface area contributed by atoms with E-state index in [2.05, 4.69) is 4.98 Å². The Bertz CT molecular complexity index is 683. The Labute approximate surface area is 122 Å². The van der Waals surface area contributed by atoms with Gasteiger partial charge in [-0.05, 0) is 33.8 Å². The second-order valence-corrected chi connectivity index (χ2v) is 5.51. The quantitative estimate of drug-likeness (QED) is 0.795. The van der Waals surface area contributed by atoms with Crippen LogP contribution in [-0.2, 0) is 9.47 Å². The highest BCUT2D eigenvalue weighted by Gasteiger charge is 2.21. The van der Waals surface area contributed by atoms with E-state index in [4.69, 9.17) is 9.47 Å². The number of fused-ring (bicyclic) bond motifs is 1. The van der Waals surface area contributed by atoms with E-state index < -0.39 is 17.7 Å². The van der Waals surface area contributed by atoms with Gasteiger partial charge < -0.3 is 9.47 Å². The van der Waals surface area contributed by atoms with Crippen LogP contribution in [0, 0.1) is 0 Å². The predicted octanol–water partition coefficient (Wildman–Crippen LogP) is 3.00. The first kappa shape index (κ1) is 15.0. The van der Waals surface area contributed by atoms with Gasteiger partial charge in [0.25, 0.3) is 0 Å². The SMILES string of the molecule is CCOC(=O)c1cncc2c1ccn2C(=O)OC(C)(C)C. The van der Waals surface area contributed by atoms with E-state index in [0.29, 0.717) is 16.5 Å². The molecule has 0 fully saturated rings. The second-order valence-electron chi connectivity index (χ2n) is 5.51. The maximum atomic E-state index is 12.1. The molecule has 0 saturated carbocycles. The Morgan fingerprint density at radius 1 is 1.29 bits per heavy atom. The third-order valence-corrected chi connectivity index (χ3v) is 2.70. The van der Waals surface area contributed by atoms with Gasteiger partial charge >= 0.3 is 12.1 Å². The summed E-state index contributed by atoms with van der Waals surface area (Å²) in [6.45, 7) is 7.38. The van der Waals surface area contributed by atoms with Crippen LogP contribution in [0.5, 0.6) is 0 Å². The Hall–Kier alpha value is -2.37. The molecule has 0 aliphatic heterocycles. The van der Waals surface area contributed by atoms with Crippen molar-refractivity contribution >= 4 is 23.0 Å². The van der Waals surface area contributed by atoms with Gasteiger partial charge in [-0.3, -0.25) is 9.55 Å². The molecule has 0 aromatic carbocycles. The van der Waals surface area contributed by atoms with Crippen LogP contribution in [0.15, 0.2) is 24.7 Å². The van der Waals surface area contributed by atoms with E-state index in [-0.39, 0.29) is 6.61 Å². The molecule has 0 aliphatic rings. The summed E-state index contributed by atoms with van der Waals surface area (Å²) >= 11 is 0. The van der Waals surface area contributed by atoms with Crippen LogP contribution in [0.25, 0.3) is 10.9 Å². The number of ether oxygens (including phenoxy) is 2. The zero-order valence-electron chi connectivity index (χ0n) is 12.5. The molecule has 0 aliphatic carbocycles. The summed E-state index contributed by atoms with van der Waals surface area (Å²) in [6, 6.07) is 1.67. The van der Waals surface area contributed by atoms with Crippen LogP contribution in [0.4, 0.5) is 4.79 Å². The molecule has 0 bridgehead atoms. The first-order valence-electron chi connectivity index (χ1n) is 6.69. The van der Waals surface area contributed by atoms with Crippen LogP contribution in [0.1, 0.15) is 38.1 Å². The van der Waals surface area contributed by atoms with Crippen molar-refractivity contribution in [1.29, 1.82) is 0 Å². The summed E-state index contributed by atoms with van der Waals surface area (Å²) in [4.78, 5) is 28.0. The lowest BCUT2D eigenvalue weighted by Crippen LogP contribution is -2.26. The summed E-state index contributed by atoms with van der Waals surface area (Å²) in [7, 11) is 0. The van der Waals surface area contributed by atoms with Crippen molar-refractivity contribution in [3.63, 3.8) is 0 Å². The van der Waals surface area contributed by atoms with Gasteiger partial charge in [-0.15, -0.1) is 0 Å². The third-order valence-electron chi connectivity index (χ3n) is 2.70. The molecular weight excluding hydrogens is 272 g/mol. The van der Waals surface area contributed by atoms with E-state index in [0.717, 1.165) is 0 Å². The van der Waals surface area contributed by atoms with Gasteiger partial charge in [0.15, 0.2) is 0 Å². The van der Waals surface area contributed by atoms with E-state index >= 15 is 0 Å². The zero-order valence-corrected chi connectivity index (χ0v) is 12.5. The molecule has 0 saturated heterocycles. The molecule has 2 aromatic heterocycles. The summed E-state index contributed by atoms with van der Waals surface area (Å²) in [5.41, 5.74) is 0.242. The summed E-state index contributed by atoms with van der Waals surface area (Å²) in [6.07, 6.45) is 3.99. The zero-order chi connectivity index (χ0) is 15.6. The number of pyridine rings is 1. The van der Waals surface area contributed by atoms with Crippen LogP contribution >= 0.6 is 0 Å². The monoisotopic (exact) mass is 290 g/mol. The summed E-state index contributed by atoms with van der Waals surface area (Å²) in [5.74, 6) is -0.461. The van der Waals surface area contributed by atoms with E-state index in [1.54, 1.807) is 40.0 Å². The number of aromatic nitrogens is 2. The molecule has 0 atom stereocenters. The first-order chi connectivity index (χ1) is 9.83. The number of carbonyl (C=O) groups is 2. The van der Waals surface area contributed by atoms with Gasteiger partial charge in [-0.1, -0.05) is 0 Å². The second kappa shape index (κ2) is 5.55. The van der Waals surface area contributed by atoms with Crippen molar-refractivity contribution in [3.8, 4) is 0 Å². The van der Waals surface area contributed by atoms with Crippen molar-refractivity contribution in [2.24, 2.45) is 0 Å². The van der Waals surface area contributed by atoms with Crippen molar-refractivity contribution in [2.45, 2.75) is 33.3 Å². The van der Waals surface area contributed by atoms with Crippen molar-refractivity contribution < 1.29 is 19.1 Å². The van der Waals surface area contributed by atoms with Crippen molar-refractivity contribution in [1.82, 2.24) is 9.55 Å². The fourth-order valence-electron chi connectivity index (χ4n) is 1.90. The minimum atomic E-state index is -0.597. The number of hydrogen-bond donors (Lipinski definition) is 0. The van der Waals surface area contributed by atoms with E-state index in [9.17, 15) is 9.59 Å². The maximum absolute atomic E-state index is 12.1.